The van der Waals surface area contributed by atoms with Gasteiger partial charge >= 0.3 is 0 Å². The van der Waals surface area contributed by atoms with Gasteiger partial charge in [-0.25, -0.2) is 4.39 Å². The maximum atomic E-state index is 13.6. The number of rotatable bonds is 3. The minimum atomic E-state index is -0.411. The number of nitrogens with two attached hydrogens (primary N) is 1. The fraction of sp³-hybridized carbons (Fsp3) is 0.462. The average molecular weight is 253 g/mol. The highest BCUT2D eigenvalue weighted by molar-refractivity contribution is 7.80. The second-order valence-corrected chi connectivity index (χ2v) is 4.79. The second-order valence-electron chi connectivity index (χ2n) is 4.36. The van der Waals surface area contributed by atoms with Gasteiger partial charge in [-0.1, -0.05) is 24.7 Å². The van der Waals surface area contributed by atoms with Gasteiger partial charge in [-0.05, 0) is 37.8 Å². The lowest BCUT2D eigenvalue weighted by molar-refractivity contribution is 0.154. The minimum absolute atomic E-state index is 0.0499. The Morgan fingerprint density at radius 2 is 2.00 bits per heavy atom. The van der Waals surface area contributed by atoms with E-state index < -0.39 is 5.82 Å². The molecule has 0 bridgehead atoms. The summed E-state index contributed by atoms with van der Waals surface area (Å²) in [5.74, 6) is 0.0650. The van der Waals surface area contributed by atoms with Gasteiger partial charge in [0.05, 0.1) is 11.7 Å². The van der Waals surface area contributed by atoms with E-state index in [1.807, 2.05) is 0 Å². The molecule has 0 amide bonds. The summed E-state index contributed by atoms with van der Waals surface area (Å²) >= 11 is 4.86. The first kappa shape index (κ1) is 12.3. The van der Waals surface area contributed by atoms with Crippen molar-refractivity contribution in [2.75, 3.05) is 0 Å². The van der Waals surface area contributed by atoms with Gasteiger partial charge in [0.15, 0.2) is 0 Å². The quantitative estimate of drug-likeness (QED) is 0.840. The molecule has 0 saturated heterocycles. The van der Waals surface area contributed by atoms with E-state index in [-0.39, 0.29) is 16.7 Å². The average Bonchev–Trinajstić information content (AvgIpc) is 2.30. The Hall–Kier alpha value is -1.16. The normalized spacial score (nSPS) is 16.8. The topological polar surface area (TPSA) is 35.2 Å². The van der Waals surface area contributed by atoms with Gasteiger partial charge in [0.1, 0.15) is 16.6 Å². The lowest BCUT2D eigenvalue weighted by atomic mass is 9.97. The molecule has 1 fully saturated rings. The van der Waals surface area contributed by atoms with Gasteiger partial charge in [0, 0.05) is 0 Å². The molecule has 1 aliphatic carbocycles. The van der Waals surface area contributed by atoms with Gasteiger partial charge < -0.3 is 10.5 Å². The molecular formula is C13H16FNOS. The molecule has 92 valence electrons. The molecular weight excluding hydrogens is 237 g/mol. The van der Waals surface area contributed by atoms with Crippen LogP contribution in [0, 0.1) is 5.82 Å². The summed E-state index contributed by atoms with van der Waals surface area (Å²) in [5.41, 5.74) is 5.76. The molecule has 2 rings (SSSR count). The first-order valence-corrected chi connectivity index (χ1v) is 6.34. The van der Waals surface area contributed by atoms with Gasteiger partial charge in [0.25, 0.3) is 0 Å². The van der Waals surface area contributed by atoms with Crippen molar-refractivity contribution in [3.05, 3.63) is 29.6 Å². The van der Waals surface area contributed by atoms with E-state index in [9.17, 15) is 4.39 Å². The number of ether oxygens (including phenoxy) is 1. The Morgan fingerprint density at radius 3 is 2.65 bits per heavy atom. The molecule has 1 aromatic carbocycles. The molecule has 1 aliphatic rings. The zero-order chi connectivity index (χ0) is 12.3. The van der Waals surface area contributed by atoms with Crippen LogP contribution >= 0.6 is 12.2 Å². The molecule has 0 unspecified atom stereocenters. The van der Waals surface area contributed by atoms with Crippen LogP contribution < -0.4 is 10.5 Å². The van der Waals surface area contributed by atoms with Crippen molar-refractivity contribution in [2.45, 2.75) is 38.2 Å². The maximum absolute atomic E-state index is 13.6. The molecule has 1 saturated carbocycles. The summed E-state index contributed by atoms with van der Waals surface area (Å²) in [7, 11) is 0. The van der Waals surface area contributed by atoms with E-state index in [0.29, 0.717) is 5.75 Å². The maximum Gasteiger partial charge on any atom is 0.137 e. The van der Waals surface area contributed by atoms with Gasteiger partial charge in [0.2, 0.25) is 0 Å². The van der Waals surface area contributed by atoms with Crippen LogP contribution in [0.2, 0.25) is 0 Å². The number of thiocarbonyl (C=S) groups is 1. The summed E-state index contributed by atoms with van der Waals surface area (Å²) in [6, 6.07) is 4.70. The van der Waals surface area contributed by atoms with E-state index in [2.05, 4.69) is 0 Å². The van der Waals surface area contributed by atoms with Crippen molar-refractivity contribution < 1.29 is 9.13 Å². The lowest BCUT2D eigenvalue weighted by Crippen LogP contribution is -2.22. The SMILES string of the molecule is NC(=S)c1c(F)cccc1OC1CCCCC1. The first-order valence-electron chi connectivity index (χ1n) is 5.93. The predicted molar refractivity (Wildman–Crippen MR) is 69.8 cm³/mol. The second kappa shape index (κ2) is 5.45. The first-order chi connectivity index (χ1) is 8.18. The van der Waals surface area contributed by atoms with Crippen LogP contribution in [0.15, 0.2) is 18.2 Å². The third kappa shape index (κ3) is 2.94. The highest BCUT2D eigenvalue weighted by atomic mass is 32.1. The van der Waals surface area contributed by atoms with Crippen LogP contribution in [0.4, 0.5) is 4.39 Å². The summed E-state index contributed by atoms with van der Waals surface area (Å²) in [6.45, 7) is 0. The number of hydrogen-bond donors (Lipinski definition) is 1. The smallest absolute Gasteiger partial charge is 0.137 e. The summed E-state index contributed by atoms with van der Waals surface area (Å²) in [6.07, 6.45) is 5.80. The van der Waals surface area contributed by atoms with Gasteiger partial charge in [-0.2, -0.15) is 0 Å². The van der Waals surface area contributed by atoms with E-state index in [1.165, 1.54) is 25.3 Å². The Balaban J connectivity index is 2.19. The van der Waals surface area contributed by atoms with Crippen LogP contribution in [0.3, 0.4) is 0 Å². The van der Waals surface area contributed by atoms with E-state index >= 15 is 0 Å². The molecule has 0 atom stereocenters. The van der Waals surface area contributed by atoms with Crippen molar-refractivity contribution in [1.29, 1.82) is 0 Å². The number of halogens is 1. The fourth-order valence-corrected chi connectivity index (χ4v) is 2.40. The third-order valence-corrected chi connectivity index (χ3v) is 3.27. The Bertz CT molecular complexity index is 416. The van der Waals surface area contributed by atoms with E-state index in [0.717, 1.165) is 12.8 Å². The highest BCUT2D eigenvalue weighted by Crippen LogP contribution is 2.27. The number of benzene rings is 1. The molecule has 0 heterocycles. The summed E-state index contributed by atoms with van der Waals surface area (Å²) in [4.78, 5) is 0.0499. The predicted octanol–water partition coefficient (Wildman–Crippen LogP) is 3.17. The minimum Gasteiger partial charge on any atom is -0.490 e. The molecule has 0 aliphatic heterocycles. The van der Waals surface area contributed by atoms with Crippen molar-refractivity contribution in [3.63, 3.8) is 0 Å². The summed E-state index contributed by atoms with van der Waals surface area (Å²) in [5, 5.41) is 0. The van der Waals surface area contributed by atoms with Crippen LogP contribution in [-0.2, 0) is 0 Å². The number of hydrogen-bond acceptors (Lipinski definition) is 2. The Labute approximate surface area is 106 Å². The molecule has 0 aromatic heterocycles. The molecule has 2 N–H and O–H groups in total. The molecule has 2 nitrogen and oxygen atoms in total. The van der Waals surface area contributed by atoms with Crippen molar-refractivity contribution in [2.24, 2.45) is 5.73 Å². The molecule has 17 heavy (non-hydrogen) atoms. The van der Waals surface area contributed by atoms with E-state index in [1.54, 1.807) is 12.1 Å². The fourth-order valence-electron chi connectivity index (χ4n) is 2.20. The zero-order valence-electron chi connectivity index (χ0n) is 9.62. The third-order valence-electron chi connectivity index (χ3n) is 3.07. The molecule has 0 radical (unpaired) electrons. The monoisotopic (exact) mass is 253 g/mol. The Morgan fingerprint density at radius 1 is 1.29 bits per heavy atom. The van der Waals surface area contributed by atoms with E-state index in [4.69, 9.17) is 22.7 Å². The van der Waals surface area contributed by atoms with Crippen molar-refractivity contribution in [1.82, 2.24) is 0 Å². The summed E-state index contributed by atoms with van der Waals surface area (Å²) < 4.78 is 19.4. The molecule has 0 spiro atoms. The van der Waals surface area contributed by atoms with Crippen LogP contribution in [0.25, 0.3) is 0 Å². The Kier molecular flexibility index (Phi) is 3.94. The van der Waals surface area contributed by atoms with Crippen molar-refractivity contribution in [3.8, 4) is 5.75 Å². The van der Waals surface area contributed by atoms with Gasteiger partial charge in [-0.15, -0.1) is 0 Å². The van der Waals surface area contributed by atoms with Crippen molar-refractivity contribution >= 4 is 17.2 Å². The molecule has 4 heteroatoms. The largest absolute Gasteiger partial charge is 0.490 e. The molecule has 1 aromatic rings. The van der Waals surface area contributed by atoms with Crippen LogP contribution in [-0.4, -0.2) is 11.1 Å². The zero-order valence-corrected chi connectivity index (χ0v) is 10.4. The van der Waals surface area contributed by atoms with Crippen LogP contribution in [0.1, 0.15) is 37.7 Å². The highest BCUT2D eigenvalue weighted by Gasteiger charge is 2.18. The van der Waals surface area contributed by atoms with Gasteiger partial charge in [-0.3, -0.25) is 0 Å². The lowest BCUT2D eigenvalue weighted by Gasteiger charge is -2.24. The standard InChI is InChI=1S/C13H16FNOS/c14-10-7-4-8-11(12(10)13(15)17)16-9-5-2-1-3-6-9/h4,7-9H,1-3,5-6H2,(H2,15,17). The van der Waals surface area contributed by atoms with Crippen LogP contribution in [0.5, 0.6) is 5.75 Å².